The smallest absolute Gasteiger partial charge is 0.390 e. The Morgan fingerprint density at radius 3 is 2.57 bits per heavy atom. The number of carbonyl (C=O) groups excluding carboxylic acids is 2. The van der Waals surface area contributed by atoms with Crippen molar-refractivity contribution >= 4 is 46.3 Å². The zero-order valence-corrected chi connectivity index (χ0v) is 26.5. The van der Waals surface area contributed by atoms with Crippen LogP contribution in [0.15, 0.2) is 23.1 Å². The zero-order chi connectivity index (χ0) is 35.4. The molecule has 2 aliphatic heterocycles. The fraction of sp³-hybridized carbons (Fsp3) is 0.387. The summed E-state index contributed by atoms with van der Waals surface area (Å²) in [7, 11) is 0. The number of phenolic OH excluding ortho intramolecular Hbond substituents is 1. The number of hydrogen-bond acceptors (Lipinski definition) is 8. The van der Waals surface area contributed by atoms with Gasteiger partial charge in [0.05, 0.1) is 23.1 Å². The third kappa shape index (κ3) is 6.56. The number of halogens is 7. The lowest BCUT2D eigenvalue weighted by molar-refractivity contribution is -0.138. The van der Waals surface area contributed by atoms with Crippen LogP contribution >= 0.6 is 11.6 Å². The Hall–Kier alpha value is -4.64. The number of aryl methyl sites for hydroxylation is 1. The number of rotatable bonds is 8. The minimum absolute atomic E-state index is 0.0336. The standard InChI is InChI=1S/C31H28ClF6N7O4/c1-15-11-42(6-4-31(36,37)38)7-8-44(15)21-10-19(24(32)28(35)40-21)39-22(47)13-43-12-18(17-9-16(14-46)27(48)26(34)25(17)33)23-29(43)41-20-3-2-5-45(20)30(23)49/h9-10,12,14-15,48H,2-8,11,13H2,1H3,(H,39,40,47). The summed E-state index contributed by atoms with van der Waals surface area (Å²) in [4.78, 5) is 50.2. The average molecular weight is 712 g/mol. The minimum atomic E-state index is -4.30. The van der Waals surface area contributed by atoms with Crippen molar-refractivity contribution in [3.63, 3.8) is 0 Å². The molecule has 1 atom stereocenters. The van der Waals surface area contributed by atoms with E-state index in [0.717, 1.165) is 6.07 Å². The second-order valence-electron chi connectivity index (χ2n) is 12.0. The highest BCUT2D eigenvalue weighted by molar-refractivity contribution is 6.33. The summed E-state index contributed by atoms with van der Waals surface area (Å²) in [6.45, 7) is 2.07. The van der Waals surface area contributed by atoms with Crippen LogP contribution in [0, 0.1) is 17.6 Å². The predicted octanol–water partition coefficient (Wildman–Crippen LogP) is 4.90. The molecule has 0 radical (unpaired) electrons. The van der Waals surface area contributed by atoms with E-state index in [1.165, 1.54) is 21.4 Å². The topological polar surface area (TPSA) is 126 Å². The molecule has 1 amide bonds. The highest BCUT2D eigenvalue weighted by Crippen LogP contribution is 2.36. The SMILES string of the molecule is CC1CN(CCC(F)(F)F)CCN1c1cc(NC(=O)Cn2cc(-c3cc(C=O)c(O)c(F)c3F)c3c(=O)n4c(nc32)CCC4)c(Cl)c(F)n1. The maximum absolute atomic E-state index is 15.2. The van der Waals surface area contributed by atoms with Gasteiger partial charge in [0.15, 0.2) is 17.9 Å². The number of piperazine rings is 1. The molecule has 1 fully saturated rings. The van der Waals surface area contributed by atoms with Gasteiger partial charge in [-0.2, -0.15) is 22.0 Å². The van der Waals surface area contributed by atoms with Crippen LogP contribution in [0.2, 0.25) is 5.02 Å². The fourth-order valence-corrected chi connectivity index (χ4v) is 6.45. The van der Waals surface area contributed by atoms with E-state index in [-0.39, 0.29) is 66.6 Å². The predicted molar refractivity (Wildman–Crippen MR) is 166 cm³/mol. The van der Waals surface area contributed by atoms with Crippen molar-refractivity contribution < 1.29 is 41.0 Å². The number of benzene rings is 1. The molecule has 0 bridgehead atoms. The quantitative estimate of drug-likeness (QED) is 0.150. The van der Waals surface area contributed by atoms with Crippen LogP contribution in [-0.4, -0.2) is 79.7 Å². The van der Waals surface area contributed by atoms with Crippen LogP contribution in [0.25, 0.3) is 22.2 Å². The van der Waals surface area contributed by atoms with Crippen molar-refractivity contribution in [3.8, 4) is 16.9 Å². The summed E-state index contributed by atoms with van der Waals surface area (Å²) >= 11 is 6.16. The molecule has 1 unspecified atom stereocenters. The number of nitrogens with one attached hydrogen (secondary N) is 1. The van der Waals surface area contributed by atoms with E-state index in [2.05, 4.69) is 15.3 Å². The van der Waals surface area contributed by atoms with Crippen molar-refractivity contribution in [2.75, 3.05) is 36.4 Å². The number of hydrogen-bond donors (Lipinski definition) is 2. The first kappa shape index (κ1) is 34.2. The van der Waals surface area contributed by atoms with Crippen molar-refractivity contribution in [2.45, 2.75) is 51.5 Å². The van der Waals surface area contributed by atoms with Gasteiger partial charge in [-0.15, -0.1) is 0 Å². The van der Waals surface area contributed by atoms with Gasteiger partial charge in [0, 0.05) is 68.6 Å². The number of carbonyl (C=O) groups is 2. The Bertz CT molecular complexity index is 2050. The number of anilines is 2. The molecule has 2 N–H and O–H groups in total. The lowest BCUT2D eigenvalue weighted by Gasteiger charge is -2.40. The Balaban J connectivity index is 1.31. The maximum Gasteiger partial charge on any atom is 0.390 e. The number of aldehydes is 1. The average Bonchev–Trinajstić information content (AvgIpc) is 3.66. The summed E-state index contributed by atoms with van der Waals surface area (Å²) in [6, 6.07) is 1.85. The van der Waals surface area contributed by atoms with Gasteiger partial charge in [-0.3, -0.25) is 23.9 Å². The van der Waals surface area contributed by atoms with E-state index < -0.39 is 70.1 Å². The minimum Gasteiger partial charge on any atom is -0.504 e. The third-order valence-corrected chi connectivity index (χ3v) is 9.03. The molecular weight excluding hydrogens is 684 g/mol. The van der Waals surface area contributed by atoms with Gasteiger partial charge in [-0.1, -0.05) is 11.6 Å². The van der Waals surface area contributed by atoms with Crippen LogP contribution in [-0.2, 0) is 24.3 Å². The lowest BCUT2D eigenvalue weighted by Crippen LogP contribution is -2.52. The number of nitrogens with zero attached hydrogens (tertiary/aromatic N) is 6. The molecule has 1 saturated heterocycles. The van der Waals surface area contributed by atoms with Gasteiger partial charge < -0.3 is 19.9 Å². The molecule has 6 rings (SSSR count). The molecule has 0 spiro atoms. The lowest BCUT2D eigenvalue weighted by atomic mass is 10.0. The summed E-state index contributed by atoms with van der Waals surface area (Å²) in [5, 5.41) is 11.7. The monoisotopic (exact) mass is 711 g/mol. The molecule has 49 heavy (non-hydrogen) atoms. The van der Waals surface area contributed by atoms with Crippen LogP contribution in [0.1, 0.15) is 35.9 Å². The number of amides is 1. The molecule has 4 aromatic rings. The van der Waals surface area contributed by atoms with Crippen LogP contribution in [0.4, 0.5) is 37.8 Å². The van der Waals surface area contributed by atoms with Gasteiger partial charge in [0.2, 0.25) is 17.7 Å². The Morgan fingerprint density at radius 1 is 1.12 bits per heavy atom. The second kappa shape index (κ2) is 13.0. The zero-order valence-electron chi connectivity index (χ0n) is 25.8. The molecule has 2 aliphatic rings. The molecular formula is C31H28ClF6N7O4. The van der Waals surface area contributed by atoms with Gasteiger partial charge in [-0.05, 0) is 19.4 Å². The van der Waals surface area contributed by atoms with Crippen LogP contribution in [0.5, 0.6) is 5.75 Å². The Labute approximate surface area is 278 Å². The van der Waals surface area contributed by atoms with E-state index in [1.807, 2.05) is 0 Å². The maximum atomic E-state index is 15.2. The Morgan fingerprint density at radius 2 is 1.88 bits per heavy atom. The van der Waals surface area contributed by atoms with Crippen molar-refractivity contribution in [1.29, 1.82) is 0 Å². The number of pyridine rings is 1. The summed E-state index contributed by atoms with van der Waals surface area (Å²) < 4.78 is 85.5. The number of aromatic hydroxyl groups is 1. The van der Waals surface area contributed by atoms with Gasteiger partial charge >= 0.3 is 6.18 Å². The highest BCUT2D eigenvalue weighted by atomic mass is 35.5. The number of aromatic nitrogens is 4. The molecule has 0 aliphatic carbocycles. The van der Waals surface area contributed by atoms with Gasteiger partial charge in [0.25, 0.3) is 5.56 Å². The normalized spacial score (nSPS) is 16.7. The summed E-state index contributed by atoms with van der Waals surface area (Å²) in [5.74, 6) is -5.81. The highest BCUT2D eigenvalue weighted by Gasteiger charge is 2.32. The third-order valence-electron chi connectivity index (χ3n) is 8.67. The first-order valence-corrected chi connectivity index (χ1v) is 15.5. The summed E-state index contributed by atoms with van der Waals surface area (Å²) in [6.07, 6.45) is -2.91. The molecule has 0 saturated carbocycles. The van der Waals surface area contributed by atoms with E-state index >= 15 is 4.39 Å². The number of phenols is 1. The van der Waals surface area contributed by atoms with E-state index in [1.54, 1.807) is 16.7 Å². The van der Waals surface area contributed by atoms with E-state index in [4.69, 9.17) is 11.6 Å². The largest absolute Gasteiger partial charge is 0.504 e. The van der Waals surface area contributed by atoms with Crippen molar-refractivity contribution in [1.82, 2.24) is 24.0 Å². The summed E-state index contributed by atoms with van der Waals surface area (Å²) in [5.41, 5.74) is -2.04. The molecule has 260 valence electrons. The fourth-order valence-electron chi connectivity index (χ4n) is 6.30. The second-order valence-corrected chi connectivity index (χ2v) is 12.3. The van der Waals surface area contributed by atoms with Crippen LogP contribution < -0.4 is 15.8 Å². The number of fused-ring (bicyclic) bond motifs is 2. The van der Waals surface area contributed by atoms with Crippen LogP contribution in [0.3, 0.4) is 0 Å². The molecule has 11 nitrogen and oxygen atoms in total. The van der Waals surface area contributed by atoms with Gasteiger partial charge in [-0.25, -0.2) is 14.4 Å². The van der Waals surface area contributed by atoms with E-state index in [9.17, 15) is 41.4 Å². The van der Waals surface area contributed by atoms with E-state index in [0.29, 0.717) is 25.2 Å². The first-order valence-electron chi connectivity index (χ1n) is 15.2. The molecule has 18 heteroatoms. The Kier molecular flexibility index (Phi) is 9.08. The number of alkyl halides is 3. The van der Waals surface area contributed by atoms with Crippen molar-refractivity contribution in [2.24, 2.45) is 0 Å². The molecule has 5 heterocycles. The first-order chi connectivity index (χ1) is 23.2. The molecule has 3 aromatic heterocycles. The van der Waals surface area contributed by atoms with Crippen molar-refractivity contribution in [3.05, 3.63) is 62.7 Å². The van der Waals surface area contributed by atoms with Gasteiger partial charge in [0.1, 0.15) is 28.9 Å². The molecule has 1 aromatic carbocycles.